The van der Waals surface area contributed by atoms with Gasteiger partial charge in [-0.05, 0) is 50.2 Å². The van der Waals surface area contributed by atoms with Gasteiger partial charge in [-0.3, -0.25) is 4.79 Å². The molecule has 0 aliphatic carbocycles. The summed E-state index contributed by atoms with van der Waals surface area (Å²) in [6, 6.07) is 9.65. The summed E-state index contributed by atoms with van der Waals surface area (Å²) in [5.74, 6) is -0.132. The van der Waals surface area contributed by atoms with Gasteiger partial charge in [0.15, 0.2) is 0 Å². The van der Waals surface area contributed by atoms with Crippen molar-refractivity contribution < 1.29 is 17.9 Å². The van der Waals surface area contributed by atoms with Crippen LogP contribution in [-0.4, -0.2) is 27.0 Å². The highest BCUT2D eigenvalue weighted by atomic mass is 35.5. The highest BCUT2D eigenvalue weighted by Crippen LogP contribution is 2.27. The number of halogens is 2. The Morgan fingerprint density at radius 1 is 1.19 bits per heavy atom. The van der Waals surface area contributed by atoms with E-state index in [0.29, 0.717) is 23.1 Å². The molecule has 0 spiro atoms. The van der Waals surface area contributed by atoms with Crippen LogP contribution in [0.4, 0.5) is 5.69 Å². The number of sulfonamides is 1. The van der Waals surface area contributed by atoms with Gasteiger partial charge in [-0.2, -0.15) is 4.72 Å². The number of ether oxygens (including phenoxy) is 1. The molecule has 2 aromatic carbocycles. The van der Waals surface area contributed by atoms with E-state index in [1.807, 2.05) is 0 Å². The maximum absolute atomic E-state index is 12.5. The molecule has 26 heavy (non-hydrogen) atoms. The number of hydrogen-bond acceptors (Lipinski definition) is 4. The van der Waals surface area contributed by atoms with Gasteiger partial charge >= 0.3 is 0 Å². The van der Waals surface area contributed by atoms with E-state index in [2.05, 4.69) is 10.0 Å². The number of anilines is 1. The number of carbonyl (C=O) groups excluding carboxylic acids is 1. The zero-order valence-electron chi connectivity index (χ0n) is 14.1. The molecule has 2 N–H and O–H groups in total. The summed E-state index contributed by atoms with van der Waals surface area (Å²) < 4.78 is 32.5. The number of carbonyl (C=O) groups is 1. The van der Waals surface area contributed by atoms with E-state index in [4.69, 9.17) is 27.9 Å². The van der Waals surface area contributed by atoms with Crippen molar-refractivity contribution in [1.29, 1.82) is 0 Å². The molecule has 1 amide bonds. The summed E-state index contributed by atoms with van der Waals surface area (Å²) in [7, 11) is -3.94. The molecule has 0 aliphatic heterocycles. The molecule has 6 nitrogen and oxygen atoms in total. The summed E-state index contributed by atoms with van der Waals surface area (Å²) in [6.07, 6.45) is 0. The smallest absolute Gasteiger partial charge is 0.242 e. The van der Waals surface area contributed by atoms with Gasteiger partial charge in [-0.1, -0.05) is 29.3 Å². The molecule has 0 aliphatic rings. The minimum absolute atomic E-state index is 0.0617. The van der Waals surface area contributed by atoms with Crippen molar-refractivity contribution in [3.8, 4) is 5.75 Å². The minimum atomic E-state index is -3.94. The van der Waals surface area contributed by atoms with Crippen molar-refractivity contribution in [1.82, 2.24) is 4.72 Å². The van der Waals surface area contributed by atoms with Crippen LogP contribution in [0.2, 0.25) is 10.0 Å². The number of amides is 1. The van der Waals surface area contributed by atoms with E-state index in [0.717, 1.165) is 0 Å². The molecule has 0 radical (unpaired) electrons. The van der Waals surface area contributed by atoms with E-state index < -0.39 is 22.0 Å². The Balaban J connectivity index is 2.10. The normalized spacial score (nSPS) is 12.5. The first-order chi connectivity index (χ1) is 12.2. The largest absolute Gasteiger partial charge is 0.492 e. The van der Waals surface area contributed by atoms with Gasteiger partial charge in [0.1, 0.15) is 5.75 Å². The molecule has 0 unspecified atom stereocenters. The predicted octanol–water partition coefficient (Wildman–Crippen LogP) is 3.70. The molecule has 0 heterocycles. The van der Waals surface area contributed by atoms with E-state index in [9.17, 15) is 13.2 Å². The molecule has 0 aromatic heterocycles. The van der Waals surface area contributed by atoms with Crippen LogP contribution in [0.1, 0.15) is 13.8 Å². The predicted molar refractivity (Wildman–Crippen MR) is 102 cm³/mol. The highest BCUT2D eigenvalue weighted by Gasteiger charge is 2.23. The molecule has 140 valence electrons. The Morgan fingerprint density at radius 3 is 2.54 bits per heavy atom. The third-order valence-electron chi connectivity index (χ3n) is 3.33. The fourth-order valence-electron chi connectivity index (χ4n) is 2.09. The molecule has 1 atom stereocenters. The maximum atomic E-state index is 12.5. The molecular weight excluding hydrogens is 399 g/mol. The van der Waals surface area contributed by atoms with Crippen molar-refractivity contribution in [2.24, 2.45) is 0 Å². The lowest BCUT2D eigenvalue weighted by molar-refractivity contribution is -0.117. The van der Waals surface area contributed by atoms with Crippen molar-refractivity contribution >= 4 is 44.8 Å². The van der Waals surface area contributed by atoms with Crippen molar-refractivity contribution in [2.45, 2.75) is 24.8 Å². The monoisotopic (exact) mass is 416 g/mol. The van der Waals surface area contributed by atoms with Gasteiger partial charge in [0, 0.05) is 10.7 Å². The SMILES string of the molecule is CCOc1ccc(S(=O)(=O)N[C@@H](C)C(=O)Nc2cccc(Cl)c2)cc1Cl. The van der Waals surface area contributed by atoms with Crippen LogP contribution in [0, 0.1) is 0 Å². The van der Waals surface area contributed by atoms with Crippen LogP contribution in [0.25, 0.3) is 0 Å². The Labute approximate surface area is 162 Å². The summed E-state index contributed by atoms with van der Waals surface area (Å²) in [6.45, 7) is 3.64. The first-order valence-corrected chi connectivity index (χ1v) is 9.98. The van der Waals surface area contributed by atoms with Crippen molar-refractivity contribution in [3.05, 3.63) is 52.5 Å². The van der Waals surface area contributed by atoms with Crippen LogP contribution >= 0.6 is 23.2 Å². The van der Waals surface area contributed by atoms with Crippen LogP contribution in [0.15, 0.2) is 47.4 Å². The number of hydrogen-bond donors (Lipinski definition) is 2. The standard InChI is InChI=1S/C17H18Cl2N2O4S/c1-3-25-16-8-7-14(10-15(16)19)26(23,24)21-11(2)17(22)20-13-6-4-5-12(18)9-13/h4-11,21H,3H2,1-2H3,(H,20,22)/t11-/m0/s1. The van der Waals surface area contributed by atoms with Crippen LogP contribution in [0.3, 0.4) is 0 Å². The summed E-state index contributed by atoms with van der Waals surface area (Å²) in [4.78, 5) is 12.2. The third-order valence-corrected chi connectivity index (χ3v) is 5.40. The van der Waals surface area contributed by atoms with E-state index in [-0.39, 0.29) is 9.92 Å². The molecule has 0 bridgehead atoms. The topological polar surface area (TPSA) is 84.5 Å². The van der Waals surface area contributed by atoms with Gasteiger partial charge in [0.2, 0.25) is 15.9 Å². The Hall–Kier alpha value is -1.80. The quantitative estimate of drug-likeness (QED) is 0.720. The second-order valence-corrected chi connectivity index (χ2v) is 7.93. The zero-order chi connectivity index (χ0) is 19.3. The van der Waals surface area contributed by atoms with Crippen LogP contribution < -0.4 is 14.8 Å². The average Bonchev–Trinajstić information content (AvgIpc) is 2.56. The van der Waals surface area contributed by atoms with Crippen molar-refractivity contribution in [2.75, 3.05) is 11.9 Å². The number of benzene rings is 2. The van der Waals surface area contributed by atoms with Gasteiger partial charge in [0.05, 0.1) is 22.6 Å². The van der Waals surface area contributed by atoms with Gasteiger partial charge in [0.25, 0.3) is 0 Å². The number of rotatable bonds is 7. The average molecular weight is 417 g/mol. The lowest BCUT2D eigenvalue weighted by Gasteiger charge is -2.15. The fourth-order valence-corrected chi connectivity index (χ4v) is 3.81. The Bertz CT molecular complexity index is 903. The number of nitrogens with one attached hydrogen (secondary N) is 2. The first-order valence-electron chi connectivity index (χ1n) is 7.74. The molecule has 0 fully saturated rings. The minimum Gasteiger partial charge on any atom is -0.492 e. The van der Waals surface area contributed by atoms with Crippen molar-refractivity contribution in [3.63, 3.8) is 0 Å². The second-order valence-electron chi connectivity index (χ2n) is 5.37. The van der Waals surface area contributed by atoms with E-state index >= 15 is 0 Å². The summed E-state index contributed by atoms with van der Waals surface area (Å²) in [5.41, 5.74) is 0.470. The lowest BCUT2D eigenvalue weighted by atomic mass is 10.3. The summed E-state index contributed by atoms with van der Waals surface area (Å²) in [5, 5.41) is 3.23. The van der Waals surface area contributed by atoms with E-state index in [1.165, 1.54) is 25.1 Å². The zero-order valence-corrected chi connectivity index (χ0v) is 16.5. The van der Waals surface area contributed by atoms with Gasteiger partial charge in [-0.15, -0.1) is 0 Å². The molecular formula is C17H18Cl2N2O4S. The molecule has 0 saturated heterocycles. The third kappa shape index (κ3) is 5.35. The van der Waals surface area contributed by atoms with E-state index in [1.54, 1.807) is 31.2 Å². The molecule has 9 heteroatoms. The maximum Gasteiger partial charge on any atom is 0.242 e. The first kappa shape index (κ1) is 20.5. The lowest BCUT2D eigenvalue weighted by Crippen LogP contribution is -2.41. The summed E-state index contributed by atoms with van der Waals surface area (Å²) >= 11 is 11.9. The fraction of sp³-hybridized carbons (Fsp3) is 0.235. The highest BCUT2D eigenvalue weighted by molar-refractivity contribution is 7.89. The van der Waals surface area contributed by atoms with Crippen LogP contribution in [0.5, 0.6) is 5.75 Å². The Kier molecular flexibility index (Phi) is 6.88. The Morgan fingerprint density at radius 2 is 1.92 bits per heavy atom. The molecule has 2 rings (SSSR count). The van der Waals surface area contributed by atoms with Gasteiger partial charge in [-0.25, -0.2) is 8.42 Å². The van der Waals surface area contributed by atoms with Gasteiger partial charge < -0.3 is 10.1 Å². The second kappa shape index (κ2) is 8.73. The molecule has 2 aromatic rings. The van der Waals surface area contributed by atoms with Crippen LogP contribution in [-0.2, 0) is 14.8 Å². The molecule has 0 saturated carbocycles.